The number of carbonyl (C=O) groups excluding carboxylic acids is 1. The molecule has 7 nitrogen and oxygen atoms in total. The Labute approximate surface area is 153 Å². The molecule has 0 bridgehead atoms. The number of carbonyl (C=O) groups is 1. The Balaban J connectivity index is 1.57. The predicted molar refractivity (Wildman–Crippen MR) is 96.4 cm³/mol. The van der Waals surface area contributed by atoms with Gasteiger partial charge in [-0.1, -0.05) is 29.4 Å². The molecule has 1 atom stereocenters. The van der Waals surface area contributed by atoms with Gasteiger partial charge in [-0.2, -0.15) is 4.98 Å². The van der Waals surface area contributed by atoms with Gasteiger partial charge in [-0.3, -0.25) is 9.69 Å². The smallest absolute Gasteiger partial charge is 0.246 e. The lowest BCUT2D eigenvalue weighted by Crippen LogP contribution is -2.47. The maximum atomic E-state index is 12.8. The first-order chi connectivity index (χ1) is 12.6. The first kappa shape index (κ1) is 18.5. The fourth-order valence-corrected chi connectivity index (χ4v) is 3.25. The summed E-state index contributed by atoms with van der Waals surface area (Å²) in [5.41, 5.74) is 2.69. The lowest BCUT2D eigenvalue weighted by Gasteiger charge is -2.34. The summed E-state index contributed by atoms with van der Waals surface area (Å²) in [5, 5.41) is 3.91. The van der Waals surface area contributed by atoms with Crippen LogP contribution >= 0.6 is 0 Å². The molecule has 2 heterocycles. The number of benzene rings is 1. The van der Waals surface area contributed by atoms with Crippen molar-refractivity contribution < 1.29 is 14.1 Å². The van der Waals surface area contributed by atoms with E-state index in [1.54, 1.807) is 19.1 Å². The summed E-state index contributed by atoms with van der Waals surface area (Å²) in [6.45, 7) is 4.51. The monoisotopic (exact) mass is 358 g/mol. The molecule has 0 aliphatic carbocycles. The molecule has 1 aromatic heterocycles. The molecular formula is C19H26N4O3. The molecular weight excluding hydrogens is 332 g/mol. The highest BCUT2D eigenvalue weighted by Gasteiger charge is 2.27. The highest BCUT2D eigenvalue weighted by Crippen LogP contribution is 2.21. The first-order valence-corrected chi connectivity index (χ1v) is 8.94. The van der Waals surface area contributed by atoms with E-state index in [0.29, 0.717) is 31.3 Å². The summed E-state index contributed by atoms with van der Waals surface area (Å²) in [6, 6.07) is 8.24. The molecule has 0 saturated carbocycles. The van der Waals surface area contributed by atoms with Gasteiger partial charge in [0.2, 0.25) is 11.8 Å². The van der Waals surface area contributed by atoms with E-state index >= 15 is 0 Å². The number of likely N-dealkylation sites (N-methyl/N-ethyl adjacent to an activating group) is 1. The minimum Gasteiger partial charge on any atom is -0.384 e. The Morgan fingerprint density at radius 2 is 2.15 bits per heavy atom. The number of aromatic nitrogens is 2. The van der Waals surface area contributed by atoms with Gasteiger partial charge in [-0.25, -0.2) is 0 Å². The van der Waals surface area contributed by atoms with Gasteiger partial charge in [-0.15, -0.1) is 0 Å². The van der Waals surface area contributed by atoms with E-state index in [1.807, 2.05) is 6.92 Å². The number of methoxy groups -OCH3 is 1. The van der Waals surface area contributed by atoms with E-state index in [1.165, 1.54) is 11.1 Å². The van der Waals surface area contributed by atoms with Crippen molar-refractivity contribution in [1.82, 2.24) is 19.9 Å². The molecule has 1 amide bonds. The van der Waals surface area contributed by atoms with Gasteiger partial charge in [0.1, 0.15) is 0 Å². The Bertz CT molecular complexity index is 746. The molecule has 7 heteroatoms. The maximum absolute atomic E-state index is 12.8. The molecule has 2 aromatic rings. The number of fused-ring (bicyclic) bond motifs is 1. The van der Waals surface area contributed by atoms with Gasteiger partial charge in [-0.05, 0) is 24.5 Å². The van der Waals surface area contributed by atoms with E-state index in [2.05, 4.69) is 39.3 Å². The fourth-order valence-electron chi connectivity index (χ4n) is 3.25. The number of rotatable bonds is 7. The van der Waals surface area contributed by atoms with Crippen molar-refractivity contribution in [2.75, 3.05) is 27.3 Å². The van der Waals surface area contributed by atoms with Crippen LogP contribution in [0.2, 0.25) is 0 Å². The highest BCUT2D eigenvalue weighted by atomic mass is 16.5. The second kappa shape index (κ2) is 8.42. The van der Waals surface area contributed by atoms with E-state index in [4.69, 9.17) is 9.26 Å². The quantitative estimate of drug-likeness (QED) is 0.750. The van der Waals surface area contributed by atoms with Crippen LogP contribution < -0.4 is 0 Å². The molecule has 0 fully saturated rings. The number of nitrogens with zero attached hydrogens (tertiary/aromatic N) is 4. The largest absolute Gasteiger partial charge is 0.384 e. The molecule has 0 unspecified atom stereocenters. The molecule has 26 heavy (non-hydrogen) atoms. The van der Waals surface area contributed by atoms with Gasteiger partial charge in [0.05, 0.1) is 19.2 Å². The Morgan fingerprint density at radius 3 is 2.92 bits per heavy atom. The van der Waals surface area contributed by atoms with Gasteiger partial charge in [0, 0.05) is 33.7 Å². The second-order valence-electron chi connectivity index (χ2n) is 6.71. The van der Waals surface area contributed by atoms with Crippen molar-refractivity contribution in [3.63, 3.8) is 0 Å². The van der Waals surface area contributed by atoms with Crippen LogP contribution in [-0.4, -0.2) is 59.2 Å². The molecule has 140 valence electrons. The summed E-state index contributed by atoms with van der Waals surface area (Å²) in [6.07, 6.45) is 1.57. The van der Waals surface area contributed by atoms with Crippen LogP contribution in [0.15, 0.2) is 28.8 Å². The molecule has 1 aromatic carbocycles. The molecule has 0 spiro atoms. The van der Waals surface area contributed by atoms with Crippen molar-refractivity contribution in [3.05, 3.63) is 47.1 Å². The topological polar surface area (TPSA) is 71.7 Å². The minimum atomic E-state index is -0.191. The van der Waals surface area contributed by atoms with Crippen LogP contribution in [0.1, 0.15) is 29.8 Å². The molecule has 0 N–H and O–H groups in total. The molecule has 1 aliphatic rings. The molecule has 0 radical (unpaired) electrons. The third-order valence-corrected chi connectivity index (χ3v) is 4.85. The van der Waals surface area contributed by atoms with Crippen molar-refractivity contribution >= 4 is 5.91 Å². The average molecular weight is 358 g/mol. The Morgan fingerprint density at radius 1 is 1.38 bits per heavy atom. The number of hydrogen-bond acceptors (Lipinski definition) is 6. The highest BCUT2D eigenvalue weighted by molar-refractivity contribution is 5.81. The zero-order valence-corrected chi connectivity index (χ0v) is 15.6. The van der Waals surface area contributed by atoms with Crippen LogP contribution in [0.5, 0.6) is 0 Å². The summed E-state index contributed by atoms with van der Waals surface area (Å²) in [5.74, 6) is 1.10. The van der Waals surface area contributed by atoms with E-state index in [9.17, 15) is 4.79 Å². The van der Waals surface area contributed by atoms with Crippen LogP contribution in [0.3, 0.4) is 0 Å². The van der Waals surface area contributed by atoms with Gasteiger partial charge in [0.15, 0.2) is 5.82 Å². The zero-order chi connectivity index (χ0) is 18.5. The lowest BCUT2D eigenvalue weighted by atomic mass is 9.98. The summed E-state index contributed by atoms with van der Waals surface area (Å²) >= 11 is 0. The first-order valence-electron chi connectivity index (χ1n) is 8.94. The van der Waals surface area contributed by atoms with Crippen LogP contribution in [0.25, 0.3) is 0 Å². The summed E-state index contributed by atoms with van der Waals surface area (Å²) in [7, 11) is 3.41. The lowest BCUT2D eigenvalue weighted by molar-refractivity contribution is -0.136. The normalized spacial score (nSPS) is 15.5. The van der Waals surface area contributed by atoms with Gasteiger partial charge >= 0.3 is 0 Å². The van der Waals surface area contributed by atoms with E-state index in [-0.39, 0.29) is 11.9 Å². The van der Waals surface area contributed by atoms with Crippen molar-refractivity contribution in [2.45, 2.75) is 38.9 Å². The minimum absolute atomic E-state index is 0.0565. The Hall–Kier alpha value is -2.25. The zero-order valence-electron chi connectivity index (χ0n) is 15.6. The third kappa shape index (κ3) is 4.28. The standard InChI is InChI=1S/C19H26N4O3/c1-14(23-10-8-15-6-4-5-7-16(15)12-23)19(24)22(2)13-18-20-17(21-26-18)9-11-25-3/h4-7,14H,8-13H2,1-3H3/t14-/m1/s1. The Kier molecular flexibility index (Phi) is 6.00. The van der Waals surface area contributed by atoms with Gasteiger partial charge in [0.25, 0.3) is 0 Å². The predicted octanol–water partition coefficient (Wildman–Crippen LogP) is 1.66. The van der Waals surface area contributed by atoms with Crippen molar-refractivity contribution in [2.24, 2.45) is 0 Å². The molecule has 0 saturated heterocycles. The van der Waals surface area contributed by atoms with Crippen LogP contribution in [-0.2, 0) is 35.5 Å². The van der Waals surface area contributed by atoms with Crippen molar-refractivity contribution in [3.8, 4) is 0 Å². The van der Waals surface area contributed by atoms with Gasteiger partial charge < -0.3 is 14.2 Å². The maximum Gasteiger partial charge on any atom is 0.246 e. The summed E-state index contributed by atoms with van der Waals surface area (Å²) < 4.78 is 10.2. The number of hydrogen-bond donors (Lipinski definition) is 0. The van der Waals surface area contributed by atoms with E-state index in [0.717, 1.165) is 19.5 Å². The SMILES string of the molecule is COCCc1noc(CN(C)C(=O)[C@@H](C)N2CCc3ccccc3C2)n1. The molecule has 1 aliphatic heterocycles. The number of ether oxygens (including phenoxy) is 1. The fraction of sp³-hybridized carbons (Fsp3) is 0.526. The van der Waals surface area contributed by atoms with Crippen molar-refractivity contribution in [1.29, 1.82) is 0 Å². The van der Waals surface area contributed by atoms with Crippen LogP contribution in [0.4, 0.5) is 0 Å². The van der Waals surface area contributed by atoms with E-state index < -0.39 is 0 Å². The number of amides is 1. The van der Waals surface area contributed by atoms with Crippen LogP contribution in [0, 0.1) is 0 Å². The summed E-state index contributed by atoms with van der Waals surface area (Å²) in [4.78, 5) is 21.0. The third-order valence-electron chi connectivity index (χ3n) is 4.85. The second-order valence-corrected chi connectivity index (χ2v) is 6.71. The average Bonchev–Trinajstić information content (AvgIpc) is 3.11. The molecule has 3 rings (SSSR count).